The van der Waals surface area contributed by atoms with Crippen LogP contribution < -0.4 is 5.73 Å². The van der Waals surface area contributed by atoms with Crippen molar-refractivity contribution in [3.8, 4) is 0 Å². The lowest BCUT2D eigenvalue weighted by molar-refractivity contribution is 0.101. The Morgan fingerprint density at radius 1 is 1.53 bits per heavy atom. The molecule has 0 radical (unpaired) electrons. The number of halogens is 1. The van der Waals surface area contributed by atoms with E-state index in [0.717, 1.165) is 12.0 Å². The number of carbonyl (C=O) groups excluding carboxylic acids is 1. The van der Waals surface area contributed by atoms with Crippen molar-refractivity contribution in [3.05, 3.63) is 40.4 Å². The Kier molecular flexibility index (Phi) is 4.53. The molecule has 0 fully saturated rings. The van der Waals surface area contributed by atoms with Gasteiger partial charge in [-0.2, -0.15) is 0 Å². The molecule has 0 aliphatic heterocycles. The van der Waals surface area contributed by atoms with Gasteiger partial charge in [0.15, 0.2) is 5.78 Å². The molecule has 0 aromatic heterocycles. The van der Waals surface area contributed by atoms with Crippen LogP contribution in [0, 0.1) is 0 Å². The number of Topliss-reactive ketones (excluding diaryl/α,β-unsaturated/α-hetero) is 1. The van der Waals surface area contributed by atoms with Gasteiger partial charge < -0.3 is 5.73 Å². The second kappa shape index (κ2) is 5.69. The average molecular weight is 224 g/mol. The number of benzene rings is 1. The summed E-state index contributed by atoms with van der Waals surface area (Å²) >= 11 is 6.02. The Morgan fingerprint density at radius 2 is 2.27 bits per heavy atom. The second-order valence-corrected chi connectivity index (χ2v) is 3.68. The fourth-order valence-corrected chi connectivity index (χ4v) is 1.43. The van der Waals surface area contributed by atoms with E-state index in [1.807, 2.05) is 18.2 Å². The molecule has 0 spiro atoms. The topological polar surface area (TPSA) is 43.1 Å². The van der Waals surface area contributed by atoms with Crippen molar-refractivity contribution in [2.45, 2.75) is 13.3 Å². The van der Waals surface area contributed by atoms with Crippen molar-refractivity contribution in [1.82, 2.24) is 0 Å². The molecular formula is C12H14ClNO. The molecule has 0 heterocycles. The second-order valence-electron chi connectivity index (χ2n) is 3.27. The highest BCUT2D eigenvalue weighted by Gasteiger charge is 2.02. The number of ketones is 1. The standard InChI is InChI=1S/C12H14ClNO/c1-9(15)11-6-5-10(12(13)8-11)4-2-3-7-14/h2,4-6,8H,3,7,14H2,1H3. The summed E-state index contributed by atoms with van der Waals surface area (Å²) in [6, 6.07) is 5.30. The van der Waals surface area contributed by atoms with Crippen LogP contribution in [0.1, 0.15) is 29.3 Å². The van der Waals surface area contributed by atoms with Gasteiger partial charge in [0.1, 0.15) is 0 Å². The third kappa shape index (κ3) is 3.50. The highest BCUT2D eigenvalue weighted by atomic mass is 35.5. The maximum Gasteiger partial charge on any atom is 0.159 e. The van der Waals surface area contributed by atoms with Crippen molar-refractivity contribution in [2.75, 3.05) is 6.54 Å². The third-order valence-corrected chi connectivity index (χ3v) is 2.37. The van der Waals surface area contributed by atoms with Crippen LogP contribution in [-0.4, -0.2) is 12.3 Å². The minimum absolute atomic E-state index is 0.0226. The number of carbonyl (C=O) groups is 1. The molecule has 1 rings (SSSR count). The van der Waals surface area contributed by atoms with Gasteiger partial charge in [-0.25, -0.2) is 0 Å². The molecule has 0 aliphatic carbocycles. The Labute approximate surface area is 94.7 Å². The maximum atomic E-state index is 11.1. The van der Waals surface area contributed by atoms with Gasteiger partial charge in [-0.05, 0) is 31.5 Å². The van der Waals surface area contributed by atoms with Gasteiger partial charge >= 0.3 is 0 Å². The third-order valence-electron chi connectivity index (χ3n) is 2.04. The molecule has 2 N–H and O–H groups in total. The largest absolute Gasteiger partial charge is 0.330 e. The summed E-state index contributed by atoms with van der Waals surface area (Å²) in [6.07, 6.45) is 4.71. The predicted octanol–water partition coefficient (Wildman–Crippen LogP) is 2.90. The zero-order valence-corrected chi connectivity index (χ0v) is 9.42. The van der Waals surface area contributed by atoms with Gasteiger partial charge in [-0.3, -0.25) is 4.79 Å². The SMILES string of the molecule is CC(=O)c1ccc(C=CCCN)c(Cl)c1. The van der Waals surface area contributed by atoms with Gasteiger partial charge in [0.2, 0.25) is 0 Å². The van der Waals surface area contributed by atoms with Crippen LogP contribution in [0.5, 0.6) is 0 Å². The molecule has 0 bridgehead atoms. The van der Waals surface area contributed by atoms with E-state index in [1.54, 1.807) is 12.1 Å². The monoisotopic (exact) mass is 223 g/mol. The molecule has 0 amide bonds. The molecular weight excluding hydrogens is 210 g/mol. The Hall–Kier alpha value is -1.12. The molecule has 2 nitrogen and oxygen atoms in total. The van der Waals surface area contributed by atoms with E-state index < -0.39 is 0 Å². The molecule has 0 saturated heterocycles. The van der Waals surface area contributed by atoms with Crippen LogP contribution in [0.4, 0.5) is 0 Å². The first kappa shape index (κ1) is 12.0. The van der Waals surface area contributed by atoms with E-state index in [9.17, 15) is 4.79 Å². The highest BCUT2D eigenvalue weighted by Crippen LogP contribution is 2.19. The Balaban J connectivity index is 2.88. The molecule has 1 aromatic rings. The average Bonchev–Trinajstić information content (AvgIpc) is 2.20. The predicted molar refractivity (Wildman–Crippen MR) is 64.2 cm³/mol. The lowest BCUT2D eigenvalue weighted by Crippen LogP contribution is -1.95. The smallest absolute Gasteiger partial charge is 0.159 e. The van der Waals surface area contributed by atoms with Crippen LogP contribution in [0.25, 0.3) is 6.08 Å². The number of hydrogen-bond acceptors (Lipinski definition) is 2. The van der Waals surface area contributed by atoms with Crippen LogP contribution in [0.2, 0.25) is 5.02 Å². The Morgan fingerprint density at radius 3 is 2.80 bits per heavy atom. The summed E-state index contributed by atoms with van der Waals surface area (Å²) in [5.41, 5.74) is 6.91. The quantitative estimate of drug-likeness (QED) is 0.798. The molecule has 0 unspecified atom stereocenters. The molecule has 3 heteroatoms. The number of rotatable bonds is 4. The fraction of sp³-hybridized carbons (Fsp3) is 0.250. The molecule has 1 aromatic carbocycles. The van der Waals surface area contributed by atoms with E-state index in [2.05, 4.69) is 0 Å². The first-order valence-electron chi connectivity index (χ1n) is 4.82. The minimum atomic E-state index is 0.0226. The van der Waals surface area contributed by atoms with Crippen LogP contribution in [-0.2, 0) is 0 Å². The van der Waals surface area contributed by atoms with Gasteiger partial charge in [0, 0.05) is 10.6 Å². The van der Waals surface area contributed by atoms with E-state index in [-0.39, 0.29) is 5.78 Å². The molecule has 0 aliphatic rings. The lowest BCUT2D eigenvalue weighted by atomic mass is 10.1. The first-order chi connectivity index (χ1) is 7.15. The summed E-state index contributed by atoms with van der Waals surface area (Å²) in [5, 5.41) is 0.593. The summed E-state index contributed by atoms with van der Waals surface area (Å²) in [4.78, 5) is 11.1. The van der Waals surface area contributed by atoms with Gasteiger partial charge in [0.25, 0.3) is 0 Å². The van der Waals surface area contributed by atoms with Gasteiger partial charge in [0.05, 0.1) is 0 Å². The van der Waals surface area contributed by atoms with Crippen molar-refractivity contribution in [2.24, 2.45) is 5.73 Å². The van der Waals surface area contributed by atoms with E-state index in [1.165, 1.54) is 6.92 Å². The molecule has 0 atom stereocenters. The molecule has 0 saturated carbocycles. The van der Waals surface area contributed by atoms with Crippen molar-refractivity contribution >= 4 is 23.5 Å². The van der Waals surface area contributed by atoms with E-state index >= 15 is 0 Å². The lowest BCUT2D eigenvalue weighted by Gasteiger charge is -2.00. The van der Waals surface area contributed by atoms with E-state index in [0.29, 0.717) is 17.1 Å². The summed E-state index contributed by atoms with van der Waals surface area (Å²) in [7, 11) is 0. The normalized spacial score (nSPS) is 10.9. The van der Waals surface area contributed by atoms with Crippen molar-refractivity contribution < 1.29 is 4.79 Å². The minimum Gasteiger partial charge on any atom is -0.330 e. The summed E-state index contributed by atoms with van der Waals surface area (Å²) in [5.74, 6) is 0.0226. The first-order valence-corrected chi connectivity index (χ1v) is 5.20. The maximum absolute atomic E-state index is 11.1. The fourth-order valence-electron chi connectivity index (χ4n) is 1.19. The number of nitrogens with two attached hydrogens (primary N) is 1. The van der Waals surface area contributed by atoms with Crippen molar-refractivity contribution in [3.63, 3.8) is 0 Å². The van der Waals surface area contributed by atoms with Gasteiger partial charge in [-0.1, -0.05) is 35.9 Å². The van der Waals surface area contributed by atoms with Gasteiger partial charge in [-0.15, -0.1) is 0 Å². The zero-order chi connectivity index (χ0) is 11.3. The molecule has 15 heavy (non-hydrogen) atoms. The van der Waals surface area contributed by atoms with Crippen molar-refractivity contribution in [1.29, 1.82) is 0 Å². The summed E-state index contributed by atoms with van der Waals surface area (Å²) < 4.78 is 0. The highest BCUT2D eigenvalue weighted by molar-refractivity contribution is 6.32. The number of hydrogen-bond donors (Lipinski definition) is 1. The van der Waals surface area contributed by atoms with Crippen LogP contribution in [0.3, 0.4) is 0 Å². The van der Waals surface area contributed by atoms with Crippen LogP contribution >= 0.6 is 11.6 Å². The summed E-state index contributed by atoms with van der Waals surface area (Å²) in [6.45, 7) is 2.15. The Bertz CT molecular complexity index is 385. The van der Waals surface area contributed by atoms with E-state index in [4.69, 9.17) is 17.3 Å². The zero-order valence-electron chi connectivity index (χ0n) is 8.66. The van der Waals surface area contributed by atoms with Crippen LogP contribution in [0.15, 0.2) is 24.3 Å². The molecule has 80 valence electrons.